The number of rotatable bonds is 3. The van der Waals surface area contributed by atoms with E-state index in [1.54, 1.807) is 0 Å². The highest BCUT2D eigenvalue weighted by molar-refractivity contribution is 7.26. The quantitative estimate of drug-likeness (QED) is 0.165. The summed E-state index contributed by atoms with van der Waals surface area (Å²) in [6.07, 6.45) is 0. The van der Waals surface area contributed by atoms with Crippen LogP contribution >= 0.6 is 11.3 Å². The van der Waals surface area contributed by atoms with Crippen molar-refractivity contribution < 1.29 is 0 Å². The van der Waals surface area contributed by atoms with E-state index in [2.05, 4.69) is 197 Å². The highest BCUT2D eigenvalue weighted by Crippen LogP contribution is 2.46. The summed E-state index contributed by atoms with van der Waals surface area (Å²) in [5, 5.41) is 13.7. The maximum Gasteiger partial charge on any atom is 0.0794 e. The van der Waals surface area contributed by atoms with Crippen LogP contribution in [0.1, 0.15) is 0 Å². The molecule has 57 heavy (non-hydrogen) atoms. The van der Waals surface area contributed by atoms with Crippen molar-refractivity contribution in [3.63, 3.8) is 0 Å². The van der Waals surface area contributed by atoms with Gasteiger partial charge in [0.25, 0.3) is 0 Å². The standard InChI is InChI=1S/C53H31N3S/c1-2-14-33(15-3-1)55-45-24-12-9-18-37(45)42-30-47-43(31-46(42)55)53-52(41-22-10-13-25-48(41)57-53)56(47)34-28-26-32(27-29-34)51-50-39-20-7-5-17-36(39)35-16-4-6-19-38(35)49(50)40-21-8-11-23-44(40)54-51/h1-31H. The van der Waals surface area contributed by atoms with Crippen LogP contribution in [0.15, 0.2) is 188 Å². The first-order chi connectivity index (χ1) is 28.3. The van der Waals surface area contributed by atoms with Gasteiger partial charge in [-0.2, -0.15) is 0 Å². The minimum Gasteiger partial charge on any atom is -0.309 e. The Morgan fingerprint density at radius 1 is 0.368 bits per heavy atom. The average Bonchev–Trinajstić information content (AvgIpc) is 3.92. The minimum absolute atomic E-state index is 1.01. The van der Waals surface area contributed by atoms with Crippen LogP contribution in [-0.4, -0.2) is 14.1 Å². The molecular formula is C53H31N3S. The Morgan fingerprint density at radius 3 is 1.70 bits per heavy atom. The summed E-state index contributed by atoms with van der Waals surface area (Å²) in [5.74, 6) is 0. The summed E-state index contributed by atoms with van der Waals surface area (Å²) in [4.78, 5) is 5.44. The first kappa shape index (κ1) is 31.0. The predicted molar refractivity (Wildman–Crippen MR) is 244 cm³/mol. The highest BCUT2D eigenvalue weighted by Gasteiger charge is 2.22. The molecule has 13 rings (SSSR count). The molecule has 0 aliphatic carbocycles. The van der Waals surface area contributed by atoms with Gasteiger partial charge in [-0.1, -0.05) is 133 Å². The van der Waals surface area contributed by atoms with Crippen LogP contribution in [0.5, 0.6) is 0 Å². The summed E-state index contributed by atoms with van der Waals surface area (Å²) >= 11 is 1.89. The van der Waals surface area contributed by atoms with Crippen molar-refractivity contribution in [3.8, 4) is 22.6 Å². The zero-order valence-electron chi connectivity index (χ0n) is 30.6. The molecule has 264 valence electrons. The third-order valence-corrected chi connectivity index (χ3v) is 13.3. The van der Waals surface area contributed by atoms with Crippen molar-refractivity contribution in [1.82, 2.24) is 14.1 Å². The van der Waals surface area contributed by atoms with Gasteiger partial charge in [0.2, 0.25) is 0 Å². The van der Waals surface area contributed by atoms with Gasteiger partial charge in [0.15, 0.2) is 0 Å². The zero-order valence-corrected chi connectivity index (χ0v) is 31.5. The molecule has 0 N–H and O–H groups in total. The van der Waals surface area contributed by atoms with Gasteiger partial charge in [0.05, 0.1) is 38.0 Å². The third kappa shape index (κ3) is 4.28. The molecule has 3 nitrogen and oxygen atoms in total. The van der Waals surface area contributed by atoms with Crippen molar-refractivity contribution >= 4 is 108 Å². The van der Waals surface area contributed by atoms with Gasteiger partial charge in [0.1, 0.15) is 0 Å². The van der Waals surface area contributed by atoms with Crippen LogP contribution in [0, 0.1) is 0 Å². The van der Waals surface area contributed by atoms with Crippen LogP contribution in [0.25, 0.3) is 119 Å². The second-order valence-electron chi connectivity index (χ2n) is 15.1. The Hall–Kier alpha value is -7.27. The number of pyridine rings is 1. The van der Waals surface area contributed by atoms with Crippen LogP contribution in [0.4, 0.5) is 0 Å². The lowest BCUT2D eigenvalue weighted by molar-refractivity contribution is 1.18. The van der Waals surface area contributed by atoms with Crippen LogP contribution < -0.4 is 0 Å². The lowest BCUT2D eigenvalue weighted by Crippen LogP contribution is -1.96. The summed E-state index contributed by atoms with van der Waals surface area (Å²) in [7, 11) is 0. The normalized spacial score (nSPS) is 12.2. The fraction of sp³-hybridized carbons (Fsp3) is 0. The van der Waals surface area contributed by atoms with E-state index >= 15 is 0 Å². The molecule has 0 amide bonds. The fourth-order valence-corrected chi connectivity index (χ4v) is 10.9. The van der Waals surface area contributed by atoms with Gasteiger partial charge in [0, 0.05) is 59.3 Å². The van der Waals surface area contributed by atoms with E-state index < -0.39 is 0 Å². The molecule has 9 aromatic carbocycles. The Morgan fingerprint density at radius 2 is 0.930 bits per heavy atom. The highest BCUT2D eigenvalue weighted by atomic mass is 32.1. The van der Waals surface area contributed by atoms with Crippen molar-refractivity contribution in [2.45, 2.75) is 0 Å². The largest absolute Gasteiger partial charge is 0.309 e. The molecule has 0 fully saturated rings. The molecule has 0 saturated carbocycles. The Labute approximate surface area is 330 Å². The van der Waals surface area contributed by atoms with Crippen molar-refractivity contribution in [2.75, 3.05) is 0 Å². The Bertz CT molecular complexity index is 3790. The molecule has 4 aromatic heterocycles. The monoisotopic (exact) mass is 741 g/mol. The molecule has 0 radical (unpaired) electrons. The predicted octanol–water partition coefficient (Wildman–Crippen LogP) is 14.8. The molecule has 0 aliphatic heterocycles. The molecule has 0 atom stereocenters. The number of fused-ring (bicyclic) bond motifs is 16. The Balaban J connectivity index is 1.10. The molecule has 0 unspecified atom stereocenters. The van der Waals surface area contributed by atoms with E-state index in [-0.39, 0.29) is 0 Å². The number of nitrogens with zero attached hydrogens (tertiary/aromatic N) is 3. The number of benzene rings is 9. The van der Waals surface area contributed by atoms with Gasteiger partial charge >= 0.3 is 0 Å². The van der Waals surface area contributed by atoms with Crippen molar-refractivity contribution in [2.24, 2.45) is 0 Å². The number of hydrogen-bond acceptors (Lipinski definition) is 2. The lowest BCUT2D eigenvalue weighted by atomic mass is 9.90. The number of para-hydroxylation sites is 3. The second-order valence-corrected chi connectivity index (χ2v) is 16.1. The van der Waals surface area contributed by atoms with Crippen LogP contribution in [-0.2, 0) is 0 Å². The van der Waals surface area contributed by atoms with Crippen molar-refractivity contribution in [1.29, 1.82) is 0 Å². The SMILES string of the molecule is c1ccc(-n2c3ccccc3c3cc4c(cc32)c2sc3ccccc3c2n4-c2ccc(-c3nc4ccccc4c4c5ccccc5c5ccccc5c34)cc2)cc1. The lowest BCUT2D eigenvalue weighted by Gasteiger charge is -2.16. The smallest absolute Gasteiger partial charge is 0.0794 e. The molecule has 0 spiro atoms. The summed E-state index contributed by atoms with van der Waals surface area (Å²) in [6, 6.07) is 68.6. The number of hydrogen-bond donors (Lipinski definition) is 0. The van der Waals surface area contributed by atoms with Gasteiger partial charge < -0.3 is 9.13 Å². The van der Waals surface area contributed by atoms with Gasteiger partial charge in [-0.05, 0) is 76.1 Å². The summed E-state index contributed by atoms with van der Waals surface area (Å²) in [5.41, 5.74) is 10.3. The number of aromatic nitrogens is 3. The topological polar surface area (TPSA) is 22.8 Å². The van der Waals surface area contributed by atoms with E-state index in [0.29, 0.717) is 0 Å². The first-order valence-electron chi connectivity index (χ1n) is 19.5. The van der Waals surface area contributed by atoms with E-state index in [4.69, 9.17) is 4.98 Å². The summed E-state index contributed by atoms with van der Waals surface area (Å²) in [6.45, 7) is 0. The van der Waals surface area contributed by atoms with Crippen LogP contribution in [0.2, 0.25) is 0 Å². The third-order valence-electron chi connectivity index (χ3n) is 12.1. The molecule has 4 heteroatoms. The van der Waals surface area contributed by atoms with Gasteiger partial charge in [-0.3, -0.25) is 0 Å². The van der Waals surface area contributed by atoms with E-state index in [1.165, 1.54) is 96.4 Å². The molecule has 13 aromatic rings. The van der Waals surface area contributed by atoms with Gasteiger partial charge in [-0.25, -0.2) is 4.98 Å². The van der Waals surface area contributed by atoms with Crippen molar-refractivity contribution in [3.05, 3.63) is 188 Å². The van der Waals surface area contributed by atoms with E-state index in [1.807, 2.05) is 11.3 Å². The van der Waals surface area contributed by atoms with E-state index in [0.717, 1.165) is 22.5 Å². The maximum absolute atomic E-state index is 5.44. The molecule has 0 aliphatic rings. The fourth-order valence-electron chi connectivity index (χ4n) is 9.65. The second kappa shape index (κ2) is 11.6. The van der Waals surface area contributed by atoms with E-state index in [9.17, 15) is 0 Å². The number of thiophene rings is 1. The maximum atomic E-state index is 5.44. The molecular weight excluding hydrogens is 711 g/mol. The Kier molecular flexibility index (Phi) is 6.32. The molecule has 0 bridgehead atoms. The van der Waals surface area contributed by atoms with Crippen LogP contribution in [0.3, 0.4) is 0 Å². The molecule has 0 saturated heterocycles. The average molecular weight is 742 g/mol. The minimum atomic E-state index is 1.01. The zero-order chi connectivity index (χ0) is 37.2. The molecule has 4 heterocycles. The first-order valence-corrected chi connectivity index (χ1v) is 20.3. The van der Waals surface area contributed by atoms with Gasteiger partial charge in [-0.15, -0.1) is 11.3 Å². The summed E-state index contributed by atoms with van der Waals surface area (Å²) < 4.78 is 7.52.